The molecule has 1 aliphatic heterocycles. The number of nitrogens with one attached hydrogen (secondary N) is 2. The number of rotatable bonds is 4. The van der Waals surface area contributed by atoms with Crippen LogP contribution in [0.4, 0.5) is 5.69 Å². The van der Waals surface area contributed by atoms with Crippen molar-refractivity contribution < 1.29 is 14.0 Å². The molecule has 1 fully saturated rings. The number of aromatic nitrogens is 3. The van der Waals surface area contributed by atoms with Gasteiger partial charge in [-0.25, -0.2) is 4.79 Å². The number of H-pyrrole nitrogens is 1. The van der Waals surface area contributed by atoms with E-state index in [1.165, 1.54) is 4.57 Å². The van der Waals surface area contributed by atoms with Gasteiger partial charge in [0.25, 0.3) is 0 Å². The van der Waals surface area contributed by atoms with Crippen molar-refractivity contribution >= 4 is 28.6 Å². The van der Waals surface area contributed by atoms with Crippen molar-refractivity contribution in [2.24, 2.45) is 5.92 Å². The molecule has 9 heteroatoms. The summed E-state index contributed by atoms with van der Waals surface area (Å²) in [6.45, 7) is 3.45. The Labute approximate surface area is 184 Å². The first kappa shape index (κ1) is 20.5. The summed E-state index contributed by atoms with van der Waals surface area (Å²) in [5.74, 6) is -0.871. The Balaban J connectivity index is 1.39. The van der Waals surface area contributed by atoms with E-state index >= 15 is 0 Å². The maximum absolute atomic E-state index is 13.1. The minimum Gasteiger partial charge on any atom is -0.408 e. The molecule has 32 heavy (non-hydrogen) atoms. The molecule has 3 heterocycles. The molecule has 168 valence electrons. The van der Waals surface area contributed by atoms with Crippen molar-refractivity contribution in [3.8, 4) is 0 Å². The number of aryl methyl sites for hydroxylation is 1. The van der Waals surface area contributed by atoms with E-state index in [4.69, 9.17) is 4.42 Å². The van der Waals surface area contributed by atoms with Crippen molar-refractivity contribution in [3.05, 3.63) is 46.2 Å². The zero-order valence-electron chi connectivity index (χ0n) is 18.1. The highest BCUT2D eigenvalue weighted by Crippen LogP contribution is 2.36. The van der Waals surface area contributed by atoms with Gasteiger partial charge in [-0.15, -0.1) is 0 Å². The van der Waals surface area contributed by atoms with Gasteiger partial charge >= 0.3 is 5.76 Å². The summed E-state index contributed by atoms with van der Waals surface area (Å²) in [7, 11) is 0. The molecule has 2 aliphatic rings. The molecule has 0 spiro atoms. The second-order valence-corrected chi connectivity index (χ2v) is 8.86. The van der Waals surface area contributed by atoms with Gasteiger partial charge in [0.15, 0.2) is 5.58 Å². The zero-order chi connectivity index (χ0) is 22.2. The van der Waals surface area contributed by atoms with Gasteiger partial charge in [-0.3, -0.25) is 19.3 Å². The Kier molecular flexibility index (Phi) is 5.32. The topological polar surface area (TPSA) is 113 Å². The van der Waals surface area contributed by atoms with E-state index in [0.717, 1.165) is 56.5 Å². The quantitative estimate of drug-likeness (QED) is 0.651. The molecule has 1 saturated heterocycles. The molecule has 2 aromatic heterocycles. The second-order valence-electron chi connectivity index (χ2n) is 8.86. The van der Waals surface area contributed by atoms with Gasteiger partial charge in [0, 0.05) is 30.0 Å². The largest absolute Gasteiger partial charge is 0.420 e. The van der Waals surface area contributed by atoms with Gasteiger partial charge in [0.1, 0.15) is 6.54 Å². The number of anilines is 1. The number of oxazole rings is 1. The lowest BCUT2D eigenvalue weighted by atomic mass is 9.78. The fourth-order valence-electron chi connectivity index (χ4n) is 4.92. The maximum Gasteiger partial charge on any atom is 0.420 e. The van der Waals surface area contributed by atoms with Crippen LogP contribution in [0.3, 0.4) is 0 Å². The predicted molar refractivity (Wildman–Crippen MR) is 118 cm³/mol. The number of nitrogens with zero attached hydrogens (tertiary/aromatic N) is 3. The van der Waals surface area contributed by atoms with E-state index < -0.39 is 5.76 Å². The highest BCUT2D eigenvalue weighted by atomic mass is 16.4. The lowest BCUT2D eigenvalue weighted by molar-refractivity contribution is -0.132. The summed E-state index contributed by atoms with van der Waals surface area (Å²) >= 11 is 0. The Morgan fingerprint density at radius 2 is 2.06 bits per heavy atom. The fraction of sp³-hybridized carbons (Fsp3) is 0.478. The molecule has 2 amide bonds. The number of hydrogen-bond donors (Lipinski definition) is 2. The Bertz CT molecular complexity index is 1220. The van der Waals surface area contributed by atoms with Crippen molar-refractivity contribution in [2.75, 3.05) is 18.4 Å². The number of carbonyl (C=O) groups excluding carboxylic acids is 2. The molecular formula is C23H27N5O4. The molecule has 1 aliphatic carbocycles. The predicted octanol–water partition coefficient (Wildman–Crippen LogP) is 2.63. The third-order valence-corrected chi connectivity index (χ3v) is 6.72. The molecule has 0 radical (unpaired) electrons. The van der Waals surface area contributed by atoms with Crippen LogP contribution in [0.15, 0.2) is 33.6 Å². The van der Waals surface area contributed by atoms with Gasteiger partial charge in [0.05, 0.1) is 17.6 Å². The standard InChI is InChI=1S/C23H27N5O4/c1-14-5-7-17-16(12-24-26-17)21(14)22(30)25-15-6-8-19-18(11-15)28(23(31)32-19)13-20(29)27-9-3-2-4-10-27/h6,8,11-12,14,21H,2-5,7,9-10,13H2,1H3,(H,24,26)(H,25,30). The molecule has 0 saturated carbocycles. The number of benzene rings is 1. The Morgan fingerprint density at radius 3 is 2.88 bits per heavy atom. The van der Waals surface area contributed by atoms with Crippen LogP contribution in [0.25, 0.3) is 11.1 Å². The van der Waals surface area contributed by atoms with Crippen LogP contribution in [-0.2, 0) is 22.6 Å². The van der Waals surface area contributed by atoms with Gasteiger partial charge in [-0.1, -0.05) is 6.92 Å². The van der Waals surface area contributed by atoms with E-state index in [0.29, 0.717) is 16.8 Å². The normalized spacial score (nSPS) is 20.8. The first-order valence-electron chi connectivity index (χ1n) is 11.3. The van der Waals surface area contributed by atoms with E-state index in [1.807, 2.05) is 0 Å². The molecule has 3 aromatic rings. The number of hydrogen-bond acceptors (Lipinski definition) is 5. The maximum atomic E-state index is 13.1. The van der Waals surface area contributed by atoms with E-state index in [2.05, 4.69) is 22.4 Å². The molecule has 1 aromatic carbocycles. The lowest BCUT2D eigenvalue weighted by Gasteiger charge is -2.27. The Morgan fingerprint density at radius 1 is 1.25 bits per heavy atom. The van der Waals surface area contributed by atoms with Crippen molar-refractivity contribution in [1.29, 1.82) is 0 Å². The number of carbonyl (C=O) groups is 2. The van der Waals surface area contributed by atoms with E-state index in [9.17, 15) is 14.4 Å². The van der Waals surface area contributed by atoms with Gasteiger partial charge in [0.2, 0.25) is 11.8 Å². The molecule has 9 nitrogen and oxygen atoms in total. The van der Waals surface area contributed by atoms with E-state index in [-0.39, 0.29) is 30.2 Å². The van der Waals surface area contributed by atoms with Crippen LogP contribution < -0.4 is 11.1 Å². The Hall–Kier alpha value is -3.36. The average Bonchev–Trinajstić information content (AvgIpc) is 3.38. The average molecular weight is 438 g/mol. The van der Waals surface area contributed by atoms with Gasteiger partial charge in [-0.2, -0.15) is 5.10 Å². The van der Waals surface area contributed by atoms with Gasteiger partial charge in [-0.05, 0) is 56.2 Å². The SMILES string of the molecule is CC1CCc2[nH]ncc2C1C(=O)Nc1ccc2oc(=O)n(CC(=O)N3CCCCC3)c2c1. The molecule has 5 rings (SSSR count). The minimum atomic E-state index is -0.572. The summed E-state index contributed by atoms with van der Waals surface area (Å²) in [5, 5.41) is 10.1. The smallest absolute Gasteiger partial charge is 0.408 e. The first-order valence-corrected chi connectivity index (χ1v) is 11.3. The van der Waals surface area contributed by atoms with Crippen LogP contribution in [0.2, 0.25) is 0 Å². The highest BCUT2D eigenvalue weighted by molar-refractivity contribution is 5.97. The summed E-state index contributed by atoms with van der Waals surface area (Å²) in [6.07, 6.45) is 6.63. The van der Waals surface area contributed by atoms with Crippen LogP contribution in [-0.4, -0.2) is 44.6 Å². The number of fused-ring (bicyclic) bond motifs is 2. The van der Waals surface area contributed by atoms with Crippen molar-refractivity contribution in [2.45, 2.75) is 51.5 Å². The fourth-order valence-corrected chi connectivity index (χ4v) is 4.92. The summed E-state index contributed by atoms with van der Waals surface area (Å²) in [4.78, 5) is 40.1. The molecule has 2 unspecified atom stereocenters. The van der Waals surface area contributed by atoms with Crippen LogP contribution in [0.1, 0.15) is 49.8 Å². The summed E-state index contributed by atoms with van der Waals surface area (Å²) in [6, 6.07) is 5.07. The van der Waals surface area contributed by atoms with Crippen LogP contribution >= 0.6 is 0 Å². The first-order chi connectivity index (χ1) is 15.5. The molecular weight excluding hydrogens is 410 g/mol. The molecule has 0 bridgehead atoms. The van der Waals surface area contributed by atoms with Crippen LogP contribution in [0, 0.1) is 5.92 Å². The monoisotopic (exact) mass is 437 g/mol. The second kappa shape index (κ2) is 8.29. The molecule has 2 atom stereocenters. The zero-order valence-corrected chi connectivity index (χ0v) is 18.1. The van der Waals surface area contributed by atoms with Crippen molar-refractivity contribution in [3.63, 3.8) is 0 Å². The minimum absolute atomic E-state index is 0.0682. The van der Waals surface area contributed by atoms with Gasteiger partial charge < -0.3 is 14.6 Å². The number of amides is 2. The third-order valence-electron chi connectivity index (χ3n) is 6.72. The number of piperidine rings is 1. The lowest BCUT2D eigenvalue weighted by Crippen LogP contribution is -2.39. The summed E-state index contributed by atoms with van der Waals surface area (Å²) < 4.78 is 6.67. The number of likely N-dealkylation sites (tertiary alicyclic amines) is 1. The number of aromatic amines is 1. The highest BCUT2D eigenvalue weighted by Gasteiger charge is 2.33. The van der Waals surface area contributed by atoms with Crippen LogP contribution in [0.5, 0.6) is 0 Å². The third kappa shape index (κ3) is 3.72. The van der Waals surface area contributed by atoms with Crippen molar-refractivity contribution in [1.82, 2.24) is 19.7 Å². The summed E-state index contributed by atoms with van der Waals surface area (Å²) in [5.41, 5.74) is 3.40. The van der Waals surface area contributed by atoms with E-state index in [1.54, 1.807) is 29.3 Å². The molecule has 2 N–H and O–H groups in total.